The molecule has 7 nitrogen and oxygen atoms in total. The lowest BCUT2D eigenvalue weighted by atomic mass is 10.1. The number of carbonyl (C=O) groups is 3. The molecule has 2 N–H and O–H groups in total. The Hall–Kier alpha value is -3.35. The third-order valence-corrected chi connectivity index (χ3v) is 5.12. The number of likely N-dealkylation sites (tertiary alicyclic amines) is 1. The van der Waals surface area contributed by atoms with Crippen molar-refractivity contribution >= 4 is 23.4 Å². The monoisotopic (exact) mass is 409 g/mol. The number of hydrogen-bond donors (Lipinski definition) is 2. The lowest BCUT2D eigenvalue weighted by molar-refractivity contribution is -0.135. The molecule has 30 heavy (non-hydrogen) atoms. The molecule has 0 saturated carbocycles. The van der Waals surface area contributed by atoms with Gasteiger partial charge in [-0.25, -0.2) is 0 Å². The molecule has 1 atom stereocenters. The van der Waals surface area contributed by atoms with Crippen molar-refractivity contribution in [3.8, 4) is 5.75 Å². The van der Waals surface area contributed by atoms with Crippen LogP contribution in [0.2, 0.25) is 0 Å². The molecule has 1 aliphatic heterocycles. The van der Waals surface area contributed by atoms with Gasteiger partial charge in [-0.3, -0.25) is 14.4 Å². The van der Waals surface area contributed by atoms with E-state index in [0.29, 0.717) is 30.0 Å². The van der Waals surface area contributed by atoms with Crippen molar-refractivity contribution in [2.45, 2.75) is 32.7 Å². The van der Waals surface area contributed by atoms with E-state index in [0.717, 1.165) is 17.5 Å². The number of hydrogen-bond acceptors (Lipinski definition) is 4. The van der Waals surface area contributed by atoms with Crippen molar-refractivity contribution in [3.63, 3.8) is 0 Å². The predicted molar refractivity (Wildman–Crippen MR) is 115 cm³/mol. The Morgan fingerprint density at radius 1 is 1.07 bits per heavy atom. The minimum absolute atomic E-state index is 0.141. The Morgan fingerprint density at radius 3 is 2.37 bits per heavy atom. The largest absolute Gasteiger partial charge is 0.497 e. The summed E-state index contributed by atoms with van der Waals surface area (Å²) in [7, 11) is 1.58. The summed E-state index contributed by atoms with van der Waals surface area (Å²) >= 11 is 0. The van der Waals surface area contributed by atoms with Gasteiger partial charge < -0.3 is 20.3 Å². The van der Waals surface area contributed by atoms with Crippen LogP contribution in [0.3, 0.4) is 0 Å². The van der Waals surface area contributed by atoms with E-state index in [9.17, 15) is 14.4 Å². The number of nitrogens with one attached hydrogen (secondary N) is 2. The fourth-order valence-corrected chi connectivity index (χ4v) is 3.70. The van der Waals surface area contributed by atoms with E-state index < -0.39 is 6.04 Å². The van der Waals surface area contributed by atoms with Crippen molar-refractivity contribution in [2.24, 2.45) is 0 Å². The molecule has 158 valence electrons. The first-order chi connectivity index (χ1) is 14.4. The molecule has 1 aliphatic rings. The zero-order valence-corrected chi connectivity index (χ0v) is 17.5. The minimum Gasteiger partial charge on any atom is -0.497 e. The number of anilines is 1. The fraction of sp³-hybridized carbons (Fsp3) is 0.348. The van der Waals surface area contributed by atoms with Crippen molar-refractivity contribution in [2.75, 3.05) is 25.5 Å². The predicted octanol–water partition coefficient (Wildman–Crippen LogP) is 2.67. The topological polar surface area (TPSA) is 87.7 Å². The SMILES string of the molecule is COc1ccc(NC(=O)C2CCCN2C(=O)CNC(=O)c2cc(C)cc(C)c2)cc1. The standard InChI is InChI=1S/C23H27N3O4/c1-15-11-16(2)13-17(12-15)22(28)24-14-21(27)26-10-4-5-20(26)23(29)25-18-6-8-19(30-3)9-7-18/h6-9,11-13,20H,4-5,10,14H2,1-3H3,(H,24,28)(H,25,29). The number of methoxy groups -OCH3 is 1. The van der Waals surface area contributed by atoms with Crippen LogP contribution in [0, 0.1) is 13.8 Å². The summed E-state index contributed by atoms with van der Waals surface area (Å²) in [5.74, 6) is -0.0921. The van der Waals surface area contributed by atoms with E-state index in [4.69, 9.17) is 4.74 Å². The number of ether oxygens (including phenoxy) is 1. The maximum absolute atomic E-state index is 12.7. The van der Waals surface area contributed by atoms with E-state index in [1.807, 2.05) is 19.9 Å². The van der Waals surface area contributed by atoms with Gasteiger partial charge in [0.05, 0.1) is 13.7 Å². The zero-order valence-electron chi connectivity index (χ0n) is 17.5. The van der Waals surface area contributed by atoms with Crippen molar-refractivity contribution in [1.29, 1.82) is 0 Å². The molecule has 7 heteroatoms. The van der Waals surface area contributed by atoms with E-state index in [1.54, 1.807) is 48.4 Å². The van der Waals surface area contributed by atoms with Gasteiger partial charge in [-0.05, 0) is 63.1 Å². The van der Waals surface area contributed by atoms with E-state index in [-0.39, 0.29) is 24.3 Å². The van der Waals surface area contributed by atoms with Crippen LogP contribution in [0.4, 0.5) is 5.69 Å². The Kier molecular flexibility index (Phi) is 6.72. The minimum atomic E-state index is -0.544. The maximum Gasteiger partial charge on any atom is 0.251 e. The molecular formula is C23H27N3O4. The summed E-state index contributed by atoms with van der Waals surface area (Å²) in [4.78, 5) is 39.3. The van der Waals surface area contributed by atoms with Gasteiger partial charge in [0.2, 0.25) is 11.8 Å². The molecule has 0 aliphatic carbocycles. The molecule has 1 heterocycles. The van der Waals surface area contributed by atoms with Gasteiger partial charge in [0, 0.05) is 17.8 Å². The lowest BCUT2D eigenvalue weighted by Gasteiger charge is -2.24. The number of amides is 3. The number of benzene rings is 2. The summed E-state index contributed by atoms with van der Waals surface area (Å²) in [5, 5.41) is 5.52. The first kappa shape index (κ1) is 21.4. The van der Waals surface area contributed by atoms with Gasteiger partial charge in [0.25, 0.3) is 5.91 Å². The average molecular weight is 409 g/mol. The highest BCUT2D eigenvalue weighted by atomic mass is 16.5. The van der Waals surface area contributed by atoms with Gasteiger partial charge in [-0.1, -0.05) is 17.2 Å². The van der Waals surface area contributed by atoms with Crippen LogP contribution in [-0.4, -0.2) is 48.9 Å². The quantitative estimate of drug-likeness (QED) is 0.768. The fourth-order valence-electron chi connectivity index (χ4n) is 3.70. The van der Waals surface area contributed by atoms with E-state index in [2.05, 4.69) is 10.6 Å². The normalized spacial score (nSPS) is 15.6. The van der Waals surface area contributed by atoms with Crippen LogP contribution in [0.1, 0.15) is 34.3 Å². The summed E-state index contributed by atoms with van der Waals surface area (Å²) < 4.78 is 5.11. The Balaban J connectivity index is 1.57. The number of aryl methyl sites for hydroxylation is 2. The van der Waals surface area contributed by atoms with Crippen molar-refractivity contribution in [1.82, 2.24) is 10.2 Å². The van der Waals surface area contributed by atoms with Gasteiger partial charge in [0.1, 0.15) is 11.8 Å². The van der Waals surface area contributed by atoms with Gasteiger partial charge >= 0.3 is 0 Å². The molecule has 0 bridgehead atoms. The highest BCUT2D eigenvalue weighted by Crippen LogP contribution is 2.21. The molecule has 3 rings (SSSR count). The van der Waals surface area contributed by atoms with Crippen LogP contribution in [0.5, 0.6) is 5.75 Å². The van der Waals surface area contributed by atoms with Crippen LogP contribution in [0.25, 0.3) is 0 Å². The Bertz CT molecular complexity index is 920. The number of carbonyl (C=O) groups excluding carboxylic acids is 3. The number of nitrogens with zero attached hydrogens (tertiary/aromatic N) is 1. The highest BCUT2D eigenvalue weighted by molar-refractivity contribution is 5.99. The molecule has 3 amide bonds. The van der Waals surface area contributed by atoms with Crippen LogP contribution in [-0.2, 0) is 9.59 Å². The molecular weight excluding hydrogens is 382 g/mol. The third kappa shape index (κ3) is 5.17. The summed E-state index contributed by atoms with van der Waals surface area (Å²) in [6.07, 6.45) is 1.34. The molecule has 0 spiro atoms. The molecule has 0 radical (unpaired) electrons. The molecule has 1 fully saturated rings. The third-order valence-electron chi connectivity index (χ3n) is 5.12. The average Bonchev–Trinajstić information content (AvgIpc) is 3.22. The maximum atomic E-state index is 12.7. The lowest BCUT2D eigenvalue weighted by Crippen LogP contribution is -2.47. The molecule has 1 unspecified atom stereocenters. The second-order valence-electron chi connectivity index (χ2n) is 7.52. The molecule has 0 aromatic heterocycles. The Labute approximate surface area is 176 Å². The van der Waals surface area contributed by atoms with Crippen LogP contribution >= 0.6 is 0 Å². The second kappa shape index (κ2) is 9.43. The van der Waals surface area contributed by atoms with E-state index in [1.165, 1.54) is 0 Å². The van der Waals surface area contributed by atoms with Crippen molar-refractivity contribution < 1.29 is 19.1 Å². The smallest absolute Gasteiger partial charge is 0.251 e. The molecule has 2 aromatic rings. The summed E-state index contributed by atoms with van der Waals surface area (Å²) in [6, 6.07) is 12.0. The van der Waals surface area contributed by atoms with Crippen LogP contribution in [0.15, 0.2) is 42.5 Å². The highest BCUT2D eigenvalue weighted by Gasteiger charge is 2.34. The zero-order chi connectivity index (χ0) is 21.7. The summed E-state index contributed by atoms with van der Waals surface area (Å²) in [5.41, 5.74) is 3.14. The summed E-state index contributed by atoms with van der Waals surface area (Å²) in [6.45, 7) is 4.20. The van der Waals surface area contributed by atoms with E-state index >= 15 is 0 Å². The van der Waals surface area contributed by atoms with Gasteiger partial charge in [-0.2, -0.15) is 0 Å². The number of rotatable bonds is 6. The Morgan fingerprint density at radius 2 is 1.73 bits per heavy atom. The molecule has 1 saturated heterocycles. The van der Waals surface area contributed by atoms with Gasteiger partial charge in [0.15, 0.2) is 0 Å². The second-order valence-corrected chi connectivity index (χ2v) is 7.52. The molecule has 2 aromatic carbocycles. The first-order valence-corrected chi connectivity index (χ1v) is 9.98. The van der Waals surface area contributed by atoms with Crippen molar-refractivity contribution in [3.05, 3.63) is 59.2 Å². The van der Waals surface area contributed by atoms with Crippen LogP contribution < -0.4 is 15.4 Å². The first-order valence-electron chi connectivity index (χ1n) is 9.98. The van der Waals surface area contributed by atoms with Gasteiger partial charge in [-0.15, -0.1) is 0 Å².